The lowest BCUT2D eigenvalue weighted by molar-refractivity contribution is 0.124. The van der Waals surface area contributed by atoms with Gasteiger partial charge >= 0.3 is 6.09 Å². The Balaban J connectivity index is 1.72. The van der Waals surface area contributed by atoms with Crippen LogP contribution in [-0.2, 0) is 11.3 Å². The third-order valence-corrected chi connectivity index (χ3v) is 2.93. The molecule has 1 aliphatic rings. The van der Waals surface area contributed by atoms with Gasteiger partial charge in [0.15, 0.2) is 0 Å². The van der Waals surface area contributed by atoms with E-state index in [1.165, 1.54) is 0 Å². The summed E-state index contributed by atoms with van der Waals surface area (Å²) in [6, 6.07) is 9.85. The molecule has 1 aromatic carbocycles. The second-order valence-corrected chi connectivity index (χ2v) is 4.15. The molecule has 0 aromatic heterocycles. The smallest absolute Gasteiger partial charge is 0.407 e. The summed E-state index contributed by atoms with van der Waals surface area (Å²) in [5.74, 6) is 0.337. The van der Waals surface area contributed by atoms with E-state index in [1.807, 2.05) is 30.3 Å². The van der Waals surface area contributed by atoms with Crippen LogP contribution in [0, 0.1) is 12.8 Å². The molecule has 2 atom stereocenters. The Bertz CT molecular complexity index is 350. The van der Waals surface area contributed by atoms with E-state index in [2.05, 4.69) is 12.2 Å². The minimum absolute atomic E-state index is 0.197. The van der Waals surface area contributed by atoms with E-state index in [4.69, 9.17) is 4.74 Å². The molecular weight excluding hydrogens is 202 g/mol. The zero-order chi connectivity index (χ0) is 11.4. The van der Waals surface area contributed by atoms with Crippen molar-refractivity contribution in [3.63, 3.8) is 0 Å². The number of amides is 1. The first-order valence-electron chi connectivity index (χ1n) is 5.56. The molecule has 0 spiro atoms. The third-order valence-electron chi connectivity index (χ3n) is 2.93. The molecule has 1 fully saturated rings. The average Bonchev–Trinajstić information content (AvgIpc) is 2.33. The van der Waals surface area contributed by atoms with Gasteiger partial charge in [0.25, 0.3) is 0 Å². The topological polar surface area (TPSA) is 38.3 Å². The molecule has 0 saturated heterocycles. The Kier molecular flexibility index (Phi) is 3.44. The Morgan fingerprint density at radius 2 is 2.12 bits per heavy atom. The maximum absolute atomic E-state index is 11.4. The summed E-state index contributed by atoms with van der Waals surface area (Å²) < 4.78 is 5.10. The molecular formula is C13H16NO2. The molecule has 1 radical (unpaired) electrons. The van der Waals surface area contributed by atoms with Gasteiger partial charge in [0.05, 0.1) is 0 Å². The van der Waals surface area contributed by atoms with E-state index in [0.29, 0.717) is 12.5 Å². The van der Waals surface area contributed by atoms with Crippen molar-refractivity contribution in [2.75, 3.05) is 0 Å². The molecule has 0 bridgehead atoms. The monoisotopic (exact) mass is 218 g/mol. The number of carbonyl (C=O) groups excluding carboxylic acids is 1. The molecule has 85 valence electrons. The van der Waals surface area contributed by atoms with Crippen LogP contribution in [0.15, 0.2) is 30.3 Å². The van der Waals surface area contributed by atoms with Crippen LogP contribution in [0.1, 0.15) is 18.4 Å². The van der Waals surface area contributed by atoms with E-state index in [1.54, 1.807) is 0 Å². The standard InChI is InChI=1S/C13H16NO2/c1-10-7-8-12(10)14-13(15)16-9-11-5-3-2-4-6-11/h2-6,10,12H,1,7-9H2,(H,14,15)/t10-,12-/m0/s1. The van der Waals surface area contributed by atoms with Crippen LogP contribution >= 0.6 is 0 Å². The lowest BCUT2D eigenvalue weighted by Gasteiger charge is -2.33. The van der Waals surface area contributed by atoms with Gasteiger partial charge in [0, 0.05) is 6.04 Å². The van der Waals surface area contributed by atoms with E-state index >= 15 is 0 Å². The summed E-state index contributed by atoms with van der Waals surface area (Å²) in [7, 11) is 0. The molecule has 0 aliphatic heterocycles. The average molecular weight is 218 g/mol. The van der Waals surface area contributed by atoms with Crippen LogP contribution in [-0.4, -0.2) is 12.1 Å². The highest BCUT2D eigenvalue weighted by atomic mass is 16.5. The highest BCUT2D eigenvalue weighted by Gasteiger charge is 2.28. The van der Waals surface area contributed by atoms with Gasteiger partial charge in [0.2, 0.25) is 0 Å². The molecule has 1 N–H and O–H groups in total. The fourth-order valence-corrected chi connectivity index (χ4v) is 1.68. The van der Waals surface area contributed by atoms with E-state index in [-0.39, 0.29) is 12.1 Å². The van der Waals surface area contributed by atoms with Crippen LogP contribution in [0.3, 0.4) is 0 Å². The second kappa shape index (κ2) is 5.01. The van der Waals surface area contributed by atoms with Gasteiger partial charge in [-0.2, -0.15) is 0 Å². The van der Waals surface area contributed by atoms with E-state index in [9.17, 15) is 4.79 Å². The molecule has 16 heavy (non-hydrogen) atoms. The van der Waals surface area contributed by atoms with Crippen molar-refractivity contribution in [2.45, 2.75) is 25.5 Å². The quantitative estimate of drug-likeness (QED) is 0.846. The maximum Gasteiger partial charge on any atom is 0.407 e. The lowest BCUT2D eigenvalue weighted by Crippen LogP contribution is -2.45. The van der Waals surface area contributed by atoms with Crippen molar-refractivity contribution in [1.82, 2.24) is 5.32 Å². The SMILES string of the molecule is [CH2][C@H]1CC[C@@H]1NC(=O)OCc1ccccc1. The van der Waals surface area contributed by atoms with Crippen LogP contribution in [0.4, 0.5) is 4.79 Å². The first-order chi connectivity index (χ1) is 7.75. The minimum atomic E-state index is -0.345. The second-order valence-electron chi connectivity index (χ2n) is 4.15. The number of alkyl carbamates (subject to hydrolysis) is 1. The molecule has 2 rings (SSSR count). The molecule has 1 aliphatic carbocycles. The molecule has 1 amide bonds. The number of nitrogens with one attached hydrogen (secondary N) is 1. The van der Waals surface area contributed by atoms with Crippen molar-refractivity contribution in [3.8, 4) is 0 Å². The Morgan fingerprint density at radius 3 is 2.69 bits per heavy atom. The highest BCUT2D eigenvalue weighted by molar-refractivity contribution is 5.67. The van der Waals surface area contributed by atoms with Gasteiger partial charge in [-0.1, -0.05) is 30.3 Å². The predicted molar refractivity (Wildman–Crippen MR) is 61.6 cm³/mol. The van der Waals surface area contributed by atoms with Crippen LogP contribution in [0.2, 0.25) is 0 Å². The number of carbonyl (C=O) groups is 1. The van der Waals surface area contributed by atoms with E-state index < -0.39 is 0 Å². The van der Waals surface area contributed by atoms with Crippen molar-refractivity contribution >= 4 is 6.09 Å². The van der Waals surface area contributed by atoms with Gasteiger partial charge in [-0.25, -0.2) is 4.79 Å². The molecule has 1 aromatic rings. The largest absolute Gasteiger partial charge is 0.445 e. The summed E-state index contributed by atoms with van der Waals surface area (Å²) in [6.07, 6.45) is 1.75. The minimum Gasteiger partial charge on any atom is -0.445 e. The van der Waals surface area contributed by atoms with Gasteiger partial charge in [-0.15, -0.1) is 0 Å². The lowest BCUT2D eigenvalue weighted by atomic mass is 9.81. The molecule has 3 nitrogen and oxygen atoms in total. The maximum atomic E-state index is 11.4. The van der Waals surface area contributed by atoms with Gasteiger partial charge in [-0.3, -0.25) is 0 Å². The summed E-state index contributed by atoms with van der Waals surface area (Å²) in [4.78, 5) is 11.4. The predicted octanol–water partition coefficient (Wildman–Crippen LogP) is 2.53. The molecule has 0 unspecified atom stereocenters. The van der Waals surface area contributed by atoms with Crippen molar-refractivity contribution in [2.24, 2.45) is 5.92 Å². The number of rotatable bonds is 3. The van der Waals surface area contributed by atoms with Crippen LogP contribution < -0.4 is 5.32 Å². The first-order valence-corrected chi connectivity index (χ1v) is 5.56. The normalized spacial score (nSPS) is 23.3. The highest BCUT2D eigenvalue weighted by Crippen LogP contribution is 2.25. The Labute approximate surface area is 95.8 Å². The molecule has 1 saturated carbocycles. The van der Waals surface area contributed by atoms with Crippen molar-refractivity contribution in [3.05, 3.63) is 42.8 Å². The number of benzene rings is 1. The van der Waals surface area contributed by atoms with Gasteiger partial charge < -0.3 is 10.1 Å². The fraction of sp³-hybridized carbons (Fsp3) is 0.385. The van der Waals surface area contributed by atoms with Crippen LogP contribution in [0.25, 0.3) is 0 Å². The number of ether oxygens (including phenoxy) is 1. The molecule has 0 heterocycles. The summed E-state index contributed by atoms with van der Waals surface area (Å²) in [5, 5.41) is 2.81. The Hall–Kier alpha value is -1.51. The number of hydrogen-bond donors (Lipinski definition) is 1. The van der Waals surface area contributed by atoms with E-state index in [0.717, 1.165) is 18.4 Å². The Morgan fingerprint density at radius 1 is 1.38 bits per heavy atom. The fourth-order valence-electron chi connectivity index (χ4n) is 1.68. The van der Waals surface area contributed by atoms with Crippen LogP contribution in [0.5, 0.6) is 0 Å². The summed E-state index contributed by atoms with van der Waals surface area (Å²) >= 11 is 0. The van der Waals surface area contributed by atoms with Crippen molar-refractivity contribution < 1.29 is 9.53 Å². The number of hydrogen-bond acceptors (Lipinski definition) is 2. The zero-order valence-electron chi connectivity index (χ0n) is 9.19. The molecule has 3 heteroatoms. The zero-order valence-corrected chi connectivity index (χ0v) is 9.19. The summed E-state index contributed by atoms with van der Waals surface area (Å²) in [6.45, 7) is 4.25. The van der Waals surface area contributed by atoms with Gasteiger partial charge in [0.1, 0.15) is 6.61 Å². The van der Waals surface area contributed by atoms with Gasteiger partial charge in [-0.05, 0) is 31.2 Å². The summed E-state index contributed by atoms with van der Waals surface area (Å²) in [5.41, 5.74) is 0.998. The third kappa shape index (κ3) is 2.75. The van der Waals surface area contributed by atoms with Crippen molar-refractivity contribution in [1.29, 1.82) is 0 Å². The first kappa shape index (κ1) is 11.0.